The number of furan rings is 2. The lowest BCUT2D eigenvalue weighted by Crippen LogP contribution is -2.10. The van der Waals surface area contributed by atoms with Gasteiger partial charge in [0.2, 0.25) is 0 Å². The average Bonchev–Trinajstić information content (AvgIpc) is 3.91. The zero-order valence-electron chi connectivity index (χ0n) is 41.9. The molecule has 0 atom stereocenters. The number of rotatable bonds is 7. The first-order valence-electron chi connectivity index (χ1n) is 26.7. The van der Waals surface area contributed by atoms with Crippen LogP contribution in [0.25, 0.3) is 131 Å². The molecule has 12 aromatic carbocycles. The second-order valence-corrected chi connectivity index (χ2v) is 20.8. The topological polar surface area (TPSA) is 41.6 Å². The van der Waals surface area contributed by atoms with E-state index >= 15 is 0 Å². The van der Waals surface area contributed by atoms with E-state index in [4.69, 9.17) is 8.83 Å². The van der Waals surface area contributed by atoms with Crippen molar-refractivity contribution in [3.8, 4) is 11.1 Å². The highest BCUT2D eigenvalue weighted by Gasteiger charge is 2.27. The SMILES string of the molecule is c1ccc(N(c2cccc(-c3ccc4c(c3)c3cccc5c6cc7c(cc6n4c35)c3cccc4c5c(N(c6ccccc6)c6cccc8c6oc6ccccc68)cccc5n7c34)c2)c2cccc3c2oc2ccccc23)cc1. The number of para-hydroxylation sites is 8. The first kappa shape index (κ1) is 41.8. The fourth-order valence-corrected chi connectivity index (χ4v) is 13.5. The number of hydrogen-bond acceptors (Lipinski definition) is 4. The minimum absolute atomic E-state index is 0.866. The third kappa shape index (κ3) is 5.59. The van der Waals surface area contributed by atoms with Gasteiger partial charge < -0.3 is 27.4 Å². The number of fused-ring (bicyclic) bond motifs is 18. The van der Waals surface area contributed by atoms with Crippen LogP contribution >= 0.6 is 0 Å². The molecule has 0 amide bonds. The molecule has 0 aliphatic rings. The molecule has 0 unspecified atom stereocenters. The van der Waals surface area contributed by atoms with Gasteiger partial charge in [-0.25, -0.2) is 0 Å². The summed E-state index contributed by atoms with van der Waals surface area (Å²) in [7, 11) is 0. The third-order valence-corrected chi connectivity index (χ3v) is 16.7. The fourth-order valence-electron chi connectivity index (χ4n) is 13.5. The molecule has 18 aromatic rings. The number of hydrogen-bond donors (Lipinski definition) is 0. The van der Waals surface area contributed by atoms with Gasteiger partial charge in [-0.2, -0.15) is 0 Å². The van der Waals surface area contributed by atoms with Crippen LogP contribution in [0.2, 0.25) is 0 Å². The maximum absolute atomic E-state index is 6.73. The molecule has 0 bridgehead atoms. The largest absolute Gasteiger partial charge is 0.454 e. The van der Waals surface area contributed by atoms with E-state index < -0.39 is 0 Å². The molecule has 6 nitrogen and oxygen atoms in total. The van der Waals surface area contributed by atoms with Crippen LogP contribution in [-0.4, -0.2) is 8.80 Å². The summed E-state index contributed by atoms with van der Waals surface area (Å²) >= 11 is 0. The van der Waals surface area contributed by atoms with Crippen LogP contribution in [0.5, 0.6) is 0 Å². The van der Waals surface area contributed by atoms with Crippen molar-refractivity contribution in [2.24, 2.45) is 0 Å². The lowest BCUT2D eigenvalue weighted by Gasteiger charge is -2.26. The van der Waals surface area contributed by atoms with Gasteiger partial charge in [-0.1, -0.05) is 158 Å². The van der Waals surface area contributed by atoms with Crippen LogP contribution in [0.3, 0.4) is 0 Å². The average molecular weight is 995 g/mol. The molecular formula is C72H42N4O2. The van der Waals surface area contributed by atoms with Crippen molar-refractivity contribution in [2.45, 2.75) is 0 Å². The minimum Gasteiger partial charge on any atom is -0.454 e. The molecule has 18 rings (SSSR count). The van der Waals surface area contributed by atoms with E-state index in [-0.39, 0.29) is 0 Å². The second-order valence-electron chi connectivity index (χ2n) is 20.8. The highest BCUT2D eigenvalue weighted by atomic mass is 16.3. The Labute approximate surface area is 445 Å². The monoisotopic (exact) mass is 994 g/mol. The summed E-state index contributed by atoms with van der Waals surface area (Å²) in [6, 6.07) is 92.2. The van der Waals surface area contributed by atoms with Crippen molar-refractivity contribution in [1.29, 1.82) is 0 Å². The fraction of sp³-hybridized carbons (Fsp3) is 0. The number of nitrogens with zero attached hydrogens (tertiary/aromatic N) is 4. The Kier molecular flexibility index (Phi) is 8.30. The van der Waals surface area contributed by atoms with Gasteiger partial charge in [0, 0.05) is 81.7 Å². The Morgan fingerprint density at radius 2 is 0.705 bits per heavy atom. The Balaban J connectivity index is 0.808. The molecule has 6 aromatic heterocycles. The molecule has 6 heteroatoms. The lowest BCUT2D eigenvalue weighted by molar-refractivity contribution is 0.668. The predicted octanol–water partition coefficient (Wildman–Crippen LogP) is 20.4. The van der Waals surface area contributed by atoms with Gasteiger partial charge >= 0.3 is 0 Å². The molecular weight excluding hydrogens is 953 g/mol. The highest BCUT2D eigenvalue weighted by Crippen LogP contribution is 2.51. The van der Waals surface area contributed by atoms with Crippen molar-refractivity contribution in [3.63, 3.8) is 0 Å². The van der Waals surface area contributed by atoms with E-state index in [0.29, 0.717) is 0 Å². The smallest absolute Gasteiger partial charge is 0.159 e. The quantitative estimate of drug-likeness (QED) is 0.160. The Hall–Kier alpha value is -10.6. The molecule has 0 radical (unpaired) electrons. The normalized spacial score (nSPS) is 12.4. The first-order valence-corrected chi connectivity index (χ1v) is 26.7. The molecule has 362 valence electrons. The van der Waals surface area contributed by atoms with Gasteiger partial charge in [0.15, 0.2) is 11.2 Å². The van der Waals surface area contributed by atoms with E-state index in [1.165, 1.54) is 76.2 Å². The minimum atomic E-state index is 0.866. The van der Waals surface area contributed by atoms with Crippen molar-refractivity contribution >= 4 is 154 Å². The van der Waals surface area contributed by atoms with Gasteiger partial charge in [-0.3, -0.25) is 0 Å². The van der Waals surface area contributed by atoms with Crippen LogP contribution in [0.1, 0.15) is 0 Å². The predicted molar refractivity (Wildman–Crippen MR) is 325 cm³/mol. The maximum atomic E-state index is 6.73. The summed E-state index contributed by atoms with van der Waals surface area (Å²) in [4.78, 5) is 4.71. The van der Waals surface area contributed by atoms with E-state index in [1.54, 1.807) is 0 Å². The molecule has 0 fully saturated rings. The van der Waals surface area contributed by atoms with Crippen molar-refractivity contribution in [3.05, 3.63) is 255 Å². The summed E-state index contributed by atoms with van der Waals surface area (Å²) in [6.45, 7) is 0. The summed E-state index contributed by atoms with van der Waals surface area (Å²) in [5.41, 5.74) is 19.4. The molecule has 0 spiro atoms. The molecule has 0 saturated carbocycles. The van der Waals surface area contributed by atoms with E-state index in [0.717, 1.165) is 89.1 Å². The summed E-state index contributed by atoms with van der Waals surface area (Å²) in [5.74, 6) is 0. The number of benzene rings is 12. The van der Waals surface area contributed by atoms with Crippen LogP contribution in [0.4, 0.5) is 34.1 Å². The third-order valence-electron chi connectivity index (χ3n) is 16.7. The van der Waals surface area contributed by atoms with Crippen LogP contribution in [-0.2, 0) is 0 Å². The zero-order valence-corrected chi connectivity index (χ0v) is 41.9. The standard InChI is InChI=1S/C72H42N4O2/c1-3-18-45(19-4-1)73(62-33-14-28-53-48-23-7-9-35-66(48)77-71(53)62)47-22-11-17-43(39-47)44-37-38-59-56(40-44)50-25-12-26-51-57-42-65-58(41-64(57)75(59)69(50)51)52-27-13-30-55-68-60(31-16-32-61(68)76(65)70(52)55)74(46-20-5-2-6-21-46)63-34-15-29-54-49-24-8-10-36-67(49)78-72(54)63/h1-42H. The molecule has 0 saturated heterocycles. The van der Waals surface area contributed by atoms with Gasteiger partial charge in [-0.05, 0) is 108 Å². The van der Waals surface area contributed by atoms with Crippen molar-refractivity contribution < 1.29 is 8.83 Å². The van der Waals surface area contributed by atoms with Crippen LogP contribution < -0.4 is 9.80 Å². The zero-order chi connectivity index (χ0) is 50.7. The Morgan fingerprint density at radius 3 is 1.36 bits per heavy atom. The summed E-state index contributed by atoms with van der Waals surface area (Å²) in [5, 5.41) is 14.3. The number of aromatic nitrogens is 2. The van der Waals surface area contributed by atoms with E-state index in [9.17, 15) is 0 Å². The van der Waals surface area contributed by atoms with Gasteiger partial charge in [-0.15, -0.1) is 0 Å². The summed E-state index contributed by atoms with van der Waals surface area (Å²) in [6.07, 6.45) is 0. The van der Waals surface area contributed by atoms with Crippen molar-refractivity contribution in [2.75, 3.05) is 9.80 Å². The second kappa shape index (κ2) is 15.5. The number of anilines is 6. The maximum Gasteiger partial charge on any atom is 0.159 e. The molecule has 78 heavy (non-hydrogen) atoms. The van der Waals surface area contributed by atoms with Gasteiger partial charge in [0.1, 0.15) is 11.2 Å². The lowest BCUT2D eigenvalue weighted by atomic mass is 10.0. The Bertz CT molecular complexity index is 5470. The van der Waals surface area contributed by atoms with Gasteiger partial charge in [0.05, 0.1) is 50.2 Å². The molecule has 6 heterocycles. The van der Waals surface area contributed by atoms with E-state index in [1.807, 2.05) is 12.1 Å². The highest BCUT2D eigenvalue weighted by molar-refractivity contribution is 6.30. The van der Waals surface area contributed by atoms with Crippen LogP contribution in [0, 0.1) is 0 Å². The van der Waals surface area contributed by atoms with Crippen molar-refractivity contribution in [1.82, 2.24) is 8.80 Å². The molecule has 0 N–H and O–H groups in total. The first-order chi connectivity index (χ1) is 38.7. The summed E-state index contributed by atoms with van der Waals surface area (Å²) < 4.78 is 18.4. The van der Waals surface area contributed by atoms with Crippen LogP contribution in [0.15, 0.2) is 264 Å². The molecule has 0 aliphatic carbocycles. The Morgan fingerprint density at radius 1 is 0.256 bits per heavy atom. The van der Waals surface area contributed by atoms with Gasteiger partial charge in [0.25, 0.3) is 0 Å². The molecule has 0 aliphatic heterocycles. The van der Waals surface area contributed by atoms with E-state index in [2.05, 4.69) is 261 Å².